The summed E-state index contributed by atoms with van der Waals surface area (Å²) < 4.78 is 13.3. The number of rotatable bonds is 5. The standard InChI is InChI=1S/C24H23N5O2.ClH/c1-16-14-29(15-25-16)21-9-7-17(13-23(21)30-2)19-8-10-24(28-27-19)26-20-11-12-31-22-6-4-3-5-18(20)22;/h3-10,13-15,20H,11-12H2,1-2H3,(H,26,28);1H. The predicted molar refractivity (Wildman–Crippen MR) is 126 cm³/mol. The Bertz CT molecular complexity index is 1210. The van der Waals surface area contributed by atoms with Crippen LogP contribution in [0.5, 0.6) is 11.5 Å². The van der Waals surface area contributed by atoms with Crippen molar-refractivity contribution in [2.24, 2.45) is 0 Å². The molecule has 0 spiro atoms. The summed E-state index contributed by atoms with van der Waals surface area (Å²) in [5, 5.41) is 12.3. The van der Waals surface area contributed by atoms with Crippen molar-refractivity contribution in [3.8, 4) is 28.4 Å². The van der Waals surface area contributed by atoms with Gasteiger partial charge in [0.05, 0.1) is 43.2 Å². The van der Waals surface area contributed by atoms with Crippen LogP contribution in [0.25, 0.3) is 16.9 Å². The molecule has 32 heavy (non-hydrogen) atoms. The molecule has 0 saturated carbocycles. The molecule has 2 aromatic heterocycles. The number of para-hydroxylation sites is 1. The van der Waals surface area contributed by atoms with E-state index in [4.69, 9.17) is 9.47 Å². The van der Waals surface area contributed by atoms with Crippen molar-refractivity contribution in [1.29, 1.82) is 0 Å². The van der Waals surface area contributed by atoms with Gasteiger partial charge in [0.15, 0.2) is 0 Å². The highest BCUT2D eigenvalue weighted by Gasteiger charge is 2.21. The highest BCUT2D eigenvalue weighted by Crippen LogP contribution is 2.34. The first-order valence-corrected chi connectivity index (χ1v) is 10.2. The van der Waals surface area contributed by atoms with E-state index in [1.807, 2.05) is 66.2 Å². The van der Waals surface area contributed by atoms with Crippen molar-refractivity contribution in [1.82, 2.24) is 19.7 Å². The lowest BCUT2D eigenvalue weighted by Crippen LogP contribution is -2.20. The lowest BCUT2D eigenvalue weighted by atomic mass is 10.0. The van der Waals surface area contributed by atoms with Crippen LogP contribution in [0.3, 0.4) is 0 Å². The quantitative estimate of drug-likeness (QED) is 0.462. The lowest BCUT2D eigenvalue weighted by Gasteiger charge is -2.26. The Morgan fingerprint density at radius 1 is 1.09 bits per heavy atom. The molecule has 0 bridgehead atoms. The van der Waals surface area contributed by atoms with E-state index in [1.165, 1.54) is 0 Å². The summed E-state index contributed by atoms with van der Waals surface area (Å²) in [5.74, 6) is 2.41. The molecule has 4 aromatic rings. The van der Waals surface area contributed by atoms with E-state index in [9.17, 15) is 0 Å². The topological polar surface area (TPSA) is 74.1 Å². The van der Waals surface area contributed by atoms with Crippen molar-refractivity contribution < 1.29 is 9.47 Å². The van der Waals surface area contributed by atoms with Gasteiger partial charge in [0.1, 0.15) is 17.3 Å². The fourth-order valence-electron chi connectivity index (χ4n) is 3.84. The summed E-state index contributed by atoms with van der Waals surface area (Å²) in [4.78, 5) is 4.29. The average molecular weight is 450 g/mol. The first-order valence-electron chi connectivity index (χ1n) is 10.2. The van der Waals surface area contributed by atoms with E-state index < -0.39 is 0 Å². The van der Waals surface area contributed by atoms with Gasteiger partial charge >= 0.3 is 0 Å². The number of hydrogen-bond donors (Lipinski definition) is 1. The monoisotopic (exact) mass is 449 g/mol. The Morgan fingerprint density at radius 2 is 1.97 bits per heavy atom. The minimum absolute atomic E-state index is 0. The van der Waals surface area contributed by atoms with Crippen LogP contribution < -0.4 is 14.8 Å². The number of aryl methyl sites for hydroxylation is 1. The largest absolute Gasteiger partial charge is 0.495 e. The van der Waals surface area contributed by atoms with Crippen molar-refractivity contribution in [3.05, 3.63) is 78.4 Å². The molecule has 5 rings (SSSR count). The first kappa shape index (κ1) is 21.6. The van der Waals surface area contributed by atoms with Gasteiger partial charge in [0.25, 0.3) is 0 Å². The SMILES string of the molecule is COc1cc(-c2ccc(NC3CCOc4ccccc43)nn2)ccc1-n1cnc(C)c1.Cl. The second kappa shape index (κ2) is 9.28. The lowest BCUT2D eigenvalue weighted by molar-refractivity contribution is 0.274. The Morgan fingerprint density at radius 3 is 2.72 bits per heavy atom. The van der Waals surface area contributed by atoms with Gasteiger partial charge in [0, 0.05) is 23.7 Å². The number of hydrogen-bond acceptors (Lipinski definition) is 6. The van der Waals surface area contributed by atoms with Crippen LogP contribution in [0.4, 0.5) is 5.82 Å². The van der Waals surface area contributed by atoms with E-state index in [0.717, 1.165) is 51.9 Å². The molecular weight excluding hydrogens is 426 g/mol. The maximum Gasteiger partial charge on any atom is 0.149 e. The van der Waals surface area contributed by atoms with E-state index >= 15 is 0 Å². The van der Waals surface area contributed by atoms with Gasteiger partial charge in [-0.15, -0.1) is 22.6 Å². The zero-order valence-corrected chi connectivity index (χ0v) is 18.7. The van der Waals surface area contributed by atoms with E-state index in [1.54, 1.807) is 13.4 Å². The molecule has 0 fully saturated rings. The minimum atomic E-state index is 0. The van der Waals surface area contributed by atoms with Gasteiger partial charge in [0.2, 0.25) is 0 Å². The van der Waals surface area contributed by atoms with Crippen molar-refractivity contribution in [2.75, 3.05) is 19.0 Å². The number of imidazole rings is 1. The summed E-state index contributed by atoms with van der Waals surface area (Å²) >= 11 is 0. The summed E-state index contributed by atoms with van der Waals surface area (Å²) in [6, 6.07) is 18.2. The van der Waals surface area contributed by atoms with Gasteiger partial charge in [-0.2, -0.15) is 0 Å². The van der Waals surface area contributed by atoms with Crippen LogP contribution in [0.15, 0.2) is 67.1 Å². The smallest absolute Gasteiger partial charge is 0.149 e. The Labute approximate surface area is 192 Å². The van der Waals surface area contributed by atoms with Gasteiger partial charge in [-0.05, 0) is 37.3 Å². The number of fused-ring (bicyclic) bond motifs is 1. The van der Waals surface area contributed by atoms with Crippen LogP contribution in [0.2, 0.25) is 0 Å². The van der Waals surface area contributed by atoms with Gasteiger partial charge in [-0.25, -0.2) is 4.98 Å². The minimum Gasteiger partial charge on any atom is -0.495 e. The van der Waals surface area contributed by atoms with Crippen LogP contribution in [0, 0.1) is 6.92 Å². The first-order chi connectivity index (χ1) is 15.2. The van der Waals surface area contributed by atoms with E-state index in [0.29, 0.717) is 6.61 Å². The average Bonchev–Trinajstić information content (AvgIpc) is 3.25. The number of nitrogens with one attached hydrogen (secondary N) is 1. The molecule has 1 aliphatic heterocycles. The molecule has 0 saturated heterocycles. The fourth-order valence-corrected chi connectivity index (χ4v) is 3.84. The molecule has 0 radical (unpaired) electrons. The van der Waals surface area contributed by atoms with Gasteiger partial charge < -0.3 is 19.4 Å². The van der Waals surface area contributed by atoms with Crippen molar-refractivity contribution in [3.63, 3.8) is 0 Å². The maximum absolute atomic E-state index is 5.74. The number of anilines is 1. The molecule has 164 valence electrons. The van der Waals surface area contributed by atoms with Crippen molar-refractivity contribution in [2.45, 2.75) is 19.4 Å². The highest BCUT2D eigenvalue weighted by atomic mass is 35.5. The van der Waals surface area contributed by atoms with Gasteiger partial charge in [-0.3, -0.25) is 0 Å². The zero-order chi connectivity index (χ0) is 21.2. The third-order valence-corrected chi connectivity index (χ3v) is 5.41. The third kappa shape index (κ3) is 4.24. The maximum atomic E-state index is 5.74. The Hall–Kier alpha value is -3.58. The molecule has 7 nitrogen and oxygen atoms in total. The Kier molecular flexibility index (Phi) is 6.28. The molecule has 1 aliphatic rings. The molecule has 1 atom stereocenters. The molecule has 0 aliphatic carbocycles. The third-order valence-electron chi connectivity index (χ3n) is 5.41. The molecule has 3 heterocycles. The number of benzene rings is 2. The van der Waals surface area contributed by atoms with Crippen LogP contribution in [-0.4, -0.2) is 33.5 Å². The zero-order valence-electron chi connectivity index (χ0n) is 17.9. The van der Waals surface area contributed by atoms with Crippen LogP contribution in [-0.2, 0) is 0 Å². The molecular formula is C24H24ClN5O2. The molecule has 8 heteroatoms. The number of methoxy groups -OCH3 is 1. The molecule has 1 unspecified atom stereocenters. The number of nitrogens with zero attached hydrogens (tertiary/aromatic N) is 4. The second-order valence-corrected chi connectivity index (χ2v) is 7.48. The van der Waals surface area contributed by atoms with Gasteiger partial charge in [-0.1, -0.05) is 24.3 Å². The van der Waals surface area contributed by atoms with E-state index in [2.05, 4.69) is 26.6 Å². The summed E-state index contributed by atoms with van der Waals surface area (Å²) in [6.45, 7) is 2.64. The summed E-state index contributed by atoms with van der Waals surface area (Å²) in [7, 11) is 1.66. The predicted octanol–water partition coefficient (Wildman–Crippen LogP) is 5.00. The summed E-state index contributed by atoms with van der Waals surface area (Å²) in [5.41, 5.74) is 4.75. The number of aromatic nitrogens is 4. The molecule has 1 N–H and O–H groups in total. The highest BCUT2D eigenvalue weighted by molar-refractivity contribution is 5.85. The molecule has 0 amide bonds. The van der Waals surface area contributed by atoms with Crippen LogP contribution >= 0.6 is 12.4 Å². The summed E-state index contributed by atoms with van der Waals surface area (Å²) in [6.07, 6.45) is 4.63. The van der Waals surface area contributed by atoms with Crippen LogP contribution in [0.1, 0.15) is 23.7 Å². The van der Waals surface area contributed by atoms with Crippen molar-refractivity contribution >= 4 is 18.2 Å². The second-order valence-electron chi connectivity index (χ2n) is 7.48. The van der Waals surface area contributed by atoms with E-state index in [-0.39, 0.29) is 18.4 Å². The molecule has 2 aromatic carbocycles. The fraction of sp³-hybridized carbons (Fsp3) is 0.208. The number of halogens is 1. The Balaban J connectivity index is 0.00000245. The normalized spacial score (nSPS) is 14.6. The number of ether oxygens (including phenoxy) is 2.